The molecule has 0 aliphatic carbocycles. The Labute approximate surface area is 109 Å². The third kappa shape index (κ3) is 2.74. The van der Waals surface area contributed by atoms with Gasteiger partial charge in [-0.15, -0.1) is 0 Å². The third-order valence-corrected chi connectivity index (χ3v) is 4.87. The van der Waals surface area contributed by atoms with Crippen molar-refractivity contribution in [3.8, 4) is 0 Å². The average molecular weight is 268 g/mol. The molecule has 2 rings (SSSR count). The Kier molecular flexibility index (Phi) is 3.75. The zero-order valence-electron chi connectivity index (χ0n) is 11.1. The molecule has 0 saturated carbocycles. The van der Waals surface area contributed by atoms with Crippen LogP contribution in [0.5, 0.6) is 0 Å². The van der Waals surface area contributed by atoms with Crippen LogP contribution in [0.3, 0.4) is 0 Å². The first-order valence-electron chi connectivity index (χ1n) is 6.12. The van der Waals surface area contributed by atoms with Crippen LogP contribution in [0.15, 0.2) is 29.2 Å². The zero-order chi connectivity index (χ0) is 13.3. The average Bonchev–Trinajstić information content (AvgIpc) is 2.24. The van der Waals surface area contributed by atoms with Crippen LogP contribution in [0.1, 0.15) is 18.5 Å². The van der Waals surface area contributed by atoms with Crippen molar-refractivity contribution in [3.63, 3.8) is 0 Å². The molecule has 5 heteroatoms. The minimum atomic E-state index is -3.10. The predicted molar refractivity (Wildman–Crippen MR) is 72.4 cm³/mol. The van der Waals surface area contributed by atoms with Crippen molar-refractivity contribution in [1.29, 1.82) is 0 Å². The maximum Gasteiger partial charge on any atom is 0.175 e. The van der Waals surface area contributed by atoms with E-state index >= 15 is 0 Å². The summed E-state index contributed by atoms with van der Waals surface area (Å²) in [6.07, 6.45) is 1.23. The first-order valence-corrected chi connectivity index (χ1v) is 8.01. The smallest absolute Gasteiger partial charge is 0.175 e. The highest BCUT2D eigenvalue weighted by atomic mass is 32.2. The van der Waals surface area contributed by atoms with Crippen molar-refractivity contribution in [1.82, 2.24) is 10.2 Å². The summed E-state index contributed by atoms with van der Waals surface area (Å²) in [5.74, 6) is 0. The fourth-order valence-corrected chi connectivity index (χ4v) is 2.74. The van der Waals surface area contributed by atoms with E-state index in [1.54, 1.807) is 12.1 Å². The van der Waals surface area contributed by atoms with E-state index in [9.17, 15) is 8.42 Å². The molecule has 1 aromatic rings. The van der Waals surface area contributed by atoms with Crippen LogP contribution < -0.4 is 5.32 Å². The van der Waals surface area contributed by atoms with Crippen molar-refractivity contribution in [2.45, 2.75) is 23.9 Å². The number of benzene rings is 1. The van der Waals surface area contributed by atoms with Gasteiger partial charge in [-0.1, -0.05) is 12.1 Å². The molecule has 100 valence electrons. The molecule has 1 atom stereocenters. The van der Waals surface area contributed by atoms with Gasteiger partial charge in [0.15, 0.2) is 9.84 Å². The minimum Gasteiger partial charge on any atom is -0.314 e. The van der Waals surface area contributed by atoms with Gasteiger partial charge in [0.1, 0.15) is 0 Å². The van der Waals surface area contributed by atoms with E-state index in [1.807, 2.05) is 12.1 Å². The fraction of sp³-hybridized carbons (Fsp3) is 0.538. The van der Waals surface area contributed by atoms with Gasteiger partial charge >= 0.3 is 0 Å². The lowest BCUT2D eigenvalue weighted by molar-refractivity contribution is 0.136. The number of sulfone groups is 1. The van der Waals surface area contributed by atoms with E-state index in [2.05, 4.69) is 24.2 Å². The fourth-order valence-electron chi connectivity index (χ4n) is 2.11. The van der Waals surface area contributed by atoms with Gasteiger partial charge in [0.25, 0.3) is 0 Å². The van der Waals surface area contributed by atoms with Gasteiger partial charge < -0.3 is 5.32 Å². The summed E-state index contributed by atoms with van der Waals surface area (Å²) in [6.45, 7) is 4.21. The van der Waals surface area contributed by atoms with E-state index in [0.717, 1.165) is 18.7 Å². The Bertz CT molecular complexity index is 506. The topological polar surface area (TPSA) is 49.4 Å². The Morgan fingerprint density at radius 1 is 1.28 bits per heavy atom. The van der Waals surface area contributed by atoms with Gasteiger partial charge in [-0.05, 0) is 31.7 Å². The van der Waals surface area contributed by atoms with Crippen molar-refractivity contribution in [3.05, 3.63) is 29.8 Å². The second-order valence-corrected chi connectivity index (χ2v) is 7.01. The molecule has 18 heavy (non-hydrogen) atoms. The molecule has 0 radical (unpaired) electrons. The molecule has 1 aromatic carbocycles. The molecule has 0 aromatic heterocycles. The molecule has 1 N–H and O–H groups in total. The Morgan fingerprint density at radius 3 is 2.22 bits per heavy atom. The molecule has 1 heterocycles. The highest BCUT2D eigenvalue weighted by Gasteiger charge is 2.25. The van der Waals surface area contributed by atoms with Crippen LogP contribution >= 0.6 is 0 Å². The first kappa shape index (κ1) is 13.5. The Balaban J connectivity index is 2.13. The SMILES string of the molecule is CC(c1ccc(S(C)(=O)=O)cc1)N(C)C1CNC1. The standard InChI is InChI=1S/C13H20N2O2S/c1-10(15(2)12-8-14-9-12)11-4-6-13(7-5-11)18(3,16)17/h4-7,10,12,14H,8-9H2,1-3H3. The first-order chi connectivity index (χ1) is 8.39. The molecular formula is C13H20N2O2S. The van der Waals surface area contributed by atoms with Crippen molar-refractivity contribution < 1.29 is 8.42 Å². The monoisotopic (exact) mass is 268 g/mol. The van der Waals surface area contributed by atoms with E-state index in [4.69, 9.17) is 0 Å². The van der Waals surface area contributed by atoms with Crippen molar-refractivity contribution in [2.75, 3.05) is 26.4 Å². The Hall–Kier alpha value is -0.910. The number of nitrogens with one attached hydrogen (secondary N) is 1. The second kappa shape index (κ2) is 4.99. The number of likely N-dealkylation sites (N-methyl/N-ethyl adjacent to an activating group) is 1. The van der Waals surface area contributed by atoms with Crippen LogP contribution in [-0.2, 0) is 9.84 Å². The minimum absolute atomic E-state index is 0.297. The zero-order valence-corrected chi connectivity index (χ0v) is 11.9. The number of rotatable bonds is 4. The van der Waals surface area contributed by atoms with Crippen LogP contribution in [0.4, 0.5) is 0 Å². The predicted octanol–water partition coefficient (Wildman–Crippen LogP) is 1.05. The molecule has 1 fully saturated rings. The van der Waals surface area contributed by atoms with Gasteiger partial charge in [0, 0.05) is 31.4 Å². The summed E-state index contributed by atoms with van der Waals surface area (Å²) >= 11 is 0. The van der Waals surface area contributed by atoms with Crippen LogP contribution in [0, 0.1) is 0 Å². The van der Waals surface area contributed by atoms with Crippen LogP contribution in [0.25, 0.3) is 0 Å². The molecular weight excluding hydrogens is 248 g/mol. The van der Waals surface area contributed by atoms with Crippen LogP contribution in [-0.4, -0.2) is 45.8 Å². The van der Waals surface area contributed by atoms with Crippen molar-refractivity contribution >= 4 is 9.84 Å². The van der Waals surface area contributed by atoms with Gasteiger partial charge in [-0.25, -0.2) is 8.42 Å². The van der Waals surface area contributed by atoms with E-state index in [0.29, 0.717) is 17.0 Å². The Morgan fingerprint density at radius 2 is 1.83 bits per heavy atom. The van der Waals surface area contributed by atoms with Crippen LogP contribution in [0.2, 0.25) is 0 Å². The van der Waals surface area contributed by atoms with E-state index < -0.39 is 9.84 Å². The van der Waals surface area contributed by atoms with Crippen molar-refractivity contribution in [2.24, 2.45) is 0 Å². The van der Waals surface area contributed by atoms with E-state index in [-0.39, 0.29) is 0 Å². The van der Waals surface area contributed by atoms with Gasteiger partial charge in [-0.3, -0.25) is 4.90 Å². The number of hydrogen-bond acceptors (Lipinski definition) is 4. The lowest BCUT2D eigenvalue weighted by Gasteiger charge is -2.39. The summed E-state index contributed by atoms with van der Waals surface area (Å²) in [6, 6.07) is 8.07. The number of nitrogens with zero attached hydrogens (tertiary/aromatic N) is 1. The molecule has 1 unspecified atom stereocenters. The quantitative estimate of drug-likeness (QED) is 0.887. The molecule has 1 saturated heterocycles. The molecule has 0 bridgehead atoms. The third-order valence-electron chi connectivity index (χ3n) is 3.74. The second-order valence-electron chi connectivity index (χ2n) is 4.99. The number of hydrogen-bond donors (Lipinski definition) is 1. The highest BCUT2D eigenvalue weighted by Crippen LogP contribution is 2.23. The maximum absolute atomic E-state index is 11.4. The van der Waals surface area contributed by atoms with Gasteiger partial charge in [-0.2, -0.15) is 0 Å². The van der Waals surface area contributed by atoms with Gasteiger partial charge in [0.2, 0.25) is 0 Å². The summed E-state index contributed by atoms with van der Waals surface area (Å²) in [5, 5.41) is 3.26. The lowest BCUT2D eigenvalue weighted by atomic mass is 10.0. The highest BCUT2D eigenvalue weighted by molar-refractivity contribution is 7.90. The summed E-state index contributed by atoms with van der Waals surface area (Å²) < 4.78 is 22.8. The molecule has 1 aliphatic heterocycles. The summed E-state index contributed by atoms with van der Waals surface area (Å²) in [7, 11) is -0.987. The molecule has 0 amide bonds. The molecule has 1 aliphatic rings. The largest absolute Gasteiger partial charge is 0.314 e. The summed E-state index contributed by atoms with van der Waals surface area (Å²) in [5.41, 5.74) is 1.15. The molecule has 4 nitrogen and oxygen atoms in total. The molecule has 0 spiro atoms. The van der Waals surface area contributed by atoms with E-state index in [1.165, 1.54) is 6.26 Å². The summed E-state index contributed by atoms with van der Waals surface area (Å²) in [4.78, 5) is 2.71. The van der Waals surface area contributed by atoms with Gasteiger partial charge in [0.05, 0.1) is 4.90 Å². The maximum atomic E-state index is 11.4. The lowest BCUT2D eigenvalue weighted by Crippen LogP contribution is -2.56. The normalized spacial score (nSPS) is 18.7.